The number of rotatable bonds is 4. The van der Waals surface area contributed by atoms with Crippen molar-refractivity contribution < 1.29 is 0 Å². The number of imidazole rings is 1. The molecular formula is C30H25N3O. The average Bonchev–Trinajstić information content (AvgIpc) is 3.28. The third-order valence-corrected chi connectivity index (χ3v) is 6.50. The van der Waals surface area contributed by atoms with E-state index in [2.05, 4.69) is 58.8 Å². The molecule has 0 amide bonds. The number of hydrogen-bond donors (Lipinski definition) is 0. The van der Waals surface area contributed by atoms with Gasteiger partial charge in [0.2, 0.25) is 0 Å². The Hall–Kier alpha value is -4.36. The van der Waals surface area contributed by atoms with Gasteiger partial charge in [0.05, 0.1) is 17.8 Å². The molecule has 0 bridgehead atoms. The van der Waals surface area contributed by atoms with Crippen molar-refractivity contribution in [1.29, 1.82) is 0 Å². The van der Waals surface area contributed by atoms with Gasteiger partial charge in [-0.05, 0) is 53.4 Å². The summed E-state index contributed by atoms with van der Waals surface area (Å²) in [6, 6.07) is 24.5. The largest absolute Gasteiger partial charge is 0.337 e. The highest BCUT2D eigenvalue weighted by Crippen LogP contribution is 2.36. The molecule has 1 atom stereocenters. The molecule has 4 heteroatoms. The van der Waals surface area contributed by atoms with Crippen molar-refractivity contribution in [3.05, 3.63) is 124 Å². The molecule has 5 aromatic rings. The molecule has 5 rings (SSSR count). The molecule has 0 spiro atoms. The van der Waals surface area contributed by atoms with Crippen molar-refractivity contribution in [1.82, 2.24) is 14.1 Å². The molecule has 166 valence electrons. The fourth-order valence-corrected chi connectivity index (χ4v) is 4.61. The average molecular weight is 444 g/mol. The van der Waals surface area contributed by atoms with Crippen molar-refractivity contribution in [2.24, 2.45) is 14.1 Å². The van der Waals surface area contributed by atoms with Crippen LogP contribution in [0.25, 0.3) is 22.0 Å². The van der Waals surface area contributed by atoms with Gasteiger partial charge in [-0.3, -0.25) is 4.79 Å². The summed E-state index contributed by atoms with van der Waals surface area (Å²) in [5.74, 6) is 2.70. The lowest BCUT2D eigenvalue weighted by molar-refractivity contribution is 0.793. The number of terminal acetylenes is 1. The highest BCUT2D eigenvalue weighted by molar-refractivity contribution is 5.95. The molecule has 34 heavy (non-hydrogen) atoms. The lowest BCUT2D eigenvalue weighted by atomic mass is 9.86. The van der Waals surface area contributed by atoms with Gasteiger partial charge < -0.3 is 9.13 Å². The quantitative estimate of drug-likeness (QED) is 0.349. The molecule has 0 aliphatic carbocycles. The molecule has 0 radical (unpaired) electrons. The van der Waals surface area contributed by atoms with Crippen molar-refractivity contribution in [2.45, 2.75) is 12.8 Å². The van der Waals surface area contributed by atoms with Crippen LogP contribution in [0.4, 0.5) is 0 Å². The number of hydrogen-bond acceptors (Lipinski definition) is 2. The Morgan fingerprint density at radius 2 is 1.71 bits per heavy atom. The summed E-state index contributed by atoms with van der Waals surface area (Å²) < 4.78 is 3.76. The van der Waals surface area contributed by atoms with E-state index < -0.39 is 0 Å². The summed E-state index contributed by atoms with van der Waals surface area (Å²) in [6.07, 6.45) is 9.40. The first-order valence-corrected chi connectivity index (χ1v) is 11.2. The molecule has 0 saturated carbocycles. The lowest BCUT2D eigenvalue weighted by Crippen LogP contribution is -2.16. The van der Waals surface area contributed by atoms with Crippen molar-refractivity contribution >= 4 is 10.9 Å². The fourth-order valence-electron chi connectivity index (χ4n) is 4.61. The first kappa shape index (κ1) is 21.5. The smallest absolute Gasteiger partial charge is 0.251 e. The minimum atomic E-state index is -0.0527. The third kappa shape index (κ3) is 3.72. The van der Waals surface area contributed by atoms with Crippen LogP contribution in [0.15, 0.2) is 90.1 Å². The summed E-state index contributed by atoms with van der Waals surface area (Å²) in [4.78, 5) is 17.2. The van der Waals surface area contributed by atoms with Gasteiger partial charge in [0.1, 0.15) is 0 Å². The first-order valence-electron chi connectivity index (χ1n) is 11.2. The Labute approximate surface area is 199 Å². The van der Waals surface area contributed by atoms with E-state index in [1.54, 1.807) is 10.6 Å². The van der Waals surface area contributed by atoms with E-state index in [4.69, 9.17) is 6.42 Å². The van der Waals surface area contributed by atoms with Crippen LogP contribution >= 0.6 is 0 Å². The Kier molecular flexibility index (Phi) is 5.39. The van der Waals surface area contributed by atoms with Crippen molar-refractivity contribution in [2.75, 3.05) is 0 Å². The second-order valence-corrected chi connectivity index (χ2v) is 8.73. The summed E-state index contributed by atoms with van der Waals surface area (Å²) in [5.41, 5.74) is 8.07. The Bertz CT molecular complexity index is 1610. The highest BCUT2D eigenvalue weighted by Gasteiger charge is 2.21. The topological polar surface area (TPSA) is 39.8 Å². The van der Waals surface area contributed by atoms with Crippen LogP contribution in [0.2, 0.25) is 0 Å². The first-order chi connectivity index (χ1) is 16.5. The van der Waals surface area contributed by atoms with E-state index in [-0.39, 0.29) is 11.5 Å². The Balaban J connectivity index is 1.79. The van der Waals surface area contributed by atoms with E-state index in [0.717, 1.165) is 38.9 Å². The number of aryl methyl sites for hydroxylation is 3. The van der Waals surface area contributed by atoms with Crippen molar-refractivity contribution in [3.8, 4) is 23.5 Å². The second kappa shape index (κ2) is 8.53. The maximum absolute atomic E-state index is 12.8. The number of benzene rings is 3. The van der Waals surface area contributed by atoms with E-state index in [9.17, 15) is 4.79 Å². The Morgan fingerprint density at radius 3 is 2.41 bits per heavy atom. The zero-order valence-corrected chi connectivity index (χ0v) is 19.5. The van der Waals surface area contributed by atoms with E-state index in [1.165, 1.54) is 11.1 Å². The lowest BCUT2D eigenvalue weighted by Gasteiger charge is -2.21. The summed E-state index contributed by atoms with van der Waals surface area (Å²) in [7, 11) is 3.83. The van der Waals surface area contributed by atoms with Crippen LogP contribution in [-0.2, 0) is 14.1 Å². The van der Waals surface area contributed by atoms with Crippen LogP contribution in [0, 0.1) is 19.3 Å². The molecule has 0 aliphatic heterocycles. The summed E-state index contributed by atoms with van der Waals surface area (Å²) in [5, 5.41) is 1.01. The highest BCUT2D eigenvalue weighted by atomic mass is 16.1. The second-order valence-electron chi connectivity index (χ2n) is 8.73. The van der Waals surface area contributed by atoms with Gasteiger partial charge in [0.15, 0.2) is 0 Å². The SMILES string of the molecule is C#Cc1cccc(-c2cc(=O)n(C)c3ccc([C@H](c4ccc(C)cc4)c4cncn4C)cc23)c1. The van der Waals surface area contributed by atoms with Gasteiger partial charge in [0, 0.05) is 43.0 Å². The molecule has 2 aromatic heterocycles. The summed E-state index contributed by atoms with van der Waals surface area (Å²) >= 11 is 0. The van der Waals surface area contributed by atoms with E-state index in [1.807, 2.05) is 57.0 Å². The normalized spacial score (nSPS) is 11.9. The van der Waals surface area contributed by atoms with Crippen LogP contribution in [-0.4, -0.2) is 14.1 Å². The molecule has 0 fully saturated rings. The van der Waals surface area contributed by atoms with Crippen LogP contribution in [0.5, 0.6) is 0 Å². The molecule has 0 aliphatic rings. The molecule has 0 unspecified atom stereocenters. The van der Waals surface area contributed by atoms with Gasteiger partial charge in [0.25, 0.3) is 5.56 Å². The zero-order chi connectivity index (χ0) is 23.8. The molecular weight excluding hydrogens is 418 g/mol. The van der Waals surface area contributed by atoms with Gasteiger partial charge in [-0.25, -0.2) is 4.98 Å². The standard InChI is InChI=1S/C30H25N3O/c1-5-21-7-6-8-23(15-21)25-17-29(34)33(4)27-14-13-24(16-26(25)27)30(28-18-31-19-32(28)3)22-11-9-20(2)10-12-22/h1,6-19,30H,2-4H3/t30-/m0/s1. The van der Waals surface area contributed by atoms with Gasteiger partial charge in [-0.2, -0.15) is 0 Å². The number of fused-ring (bicyclic) bond motifs is 1. The number of nitrogens with zero attached hydrogens (tertiary/aromatic N) is 3. The zero-order valence-electron chi connectivity index (χ0n) is 19.5. The fraction of sp³-hybridized carbons (Fsp3) is 0.133. The monoisotopic (exact) mass is 443 g/mol. The van der Waals surface area contributed by atoms with Gasteiger partial charge in [-0.15, -0.1) is 6.42 Å². The maximum atomic E-state index is 12.8. The molecule has 0 N–H and O–H groups in total. The van der Waals surface area contributed by atoms with E-state index in [0.29, 0.717) is 0 Å². The molecule has 4 nitrogen and oxygen atoms in total. The minimum absolute atomic E-state index is 0.000345. The number of pyridine rings is 1. The molecule has 0 saturated heterocycles. The Morgan fingerprint density at radius 1 is 0.941 bits per heavy atom. The van der Waals surface area contributed by atoms with Gasteiger partial charge in [-0.1, -0.05) is 53.9 Å². The predicted molar refractivity (Wildman–Crippen MR) is 138 cm³/mol. The third-order valence-electron chi connectivity index (χ3n) is 6.50. The maximum Gasteiger partial charge on any atom is 0.251 e. The number of aromatic nitrogens is 3. The van der Waals surface area contributed by atoms with Crippen molar-refractivity contribution in [3.63, 3.8) is 0 Å². The van der Waals surface area contributed by atoms with Crippen LogP contribution in [0.3, 0.4) is 0 Å². The van der Waals surface area contributed by atoms with Crippen LogP contribution < -0.4 is 5.56 Å². The van der Waals surface area contributed by atoms with E-state index >= 15 is 0 Å². The summed E-state index contributed by atoms with van der Waals surface area (Å²) in [6.45, 7) is 2.09. The predicted octanol–water partition coefficient (Wildman–Crippen LogP) is 5.41. The molecule has 3 aromatic carbocycles. The van der Waals surface area contributed by atoms with Crippen LogP contribution in [0.1, 0.15) is 33.9 Å². The minimum Gasteiger partial charge on any atom is -0.337 e. The van der Waals surface area contributed by atoms with Gasteiger partial charge >= 0.3 is 0 Å². The molecule has 2 heterocycles.